The third-order valence-corrected chi connectivity index (χ3v) is 3.05. The van der Waals surface area contributed by atoms with E-state index in [1.54, 1.807) is 13.4 Å². The molecule has 0 aliphatic heterocycles. The van der Waals surface area contributed by atoms with Gasteiger partial charge in [-0.25, -0.2) is 0 Å². The van der Waals surface area contributed by atoms with Gasteiger partial charge in [0, 0.05) is 6.42 Å². The number of benzene rings is 1. The Morgan fingerprint density at radius 2 is 2.15 bits per heavy atom. The molecule has 20 heavy (non-hydrogen) atoms. The zero-order valence-corrected chi connectivity index (χ0v) is 11.3. The van der Waals surface area contributed by atoms with Crippen LogP contribution in [0.2, 0.25) is 0 Å². The standard InChI is InChI=1S/C15H14N2O3/c1-10-13(6-7-19-10)15-16-14(17-20-15)9-11-4-3-5-12(8-11)18-2/h3-8H,9H2,1-2H3. The summed E-state index contributed by atoms with van der Waals surface area (Å²) in [5.41, 5.74) is 1.90. The normalized spacial score (nSPS) is 10.7. The van der Waals surface area contributed by atoms with Gasteiger partial charge in [0.2, 0.25) is 0 Å². The van der Waals surface area contributed by atoms with E-state index in [0.717, 1.165) is 22.6 Å². The van der Waals surface area contributed by atoms with Gasteiger partial charge in [-0.05, 0) is 30.7 Å². The summed E-state index contributed by atoms with van der Waals surface area (Å²) in [4.78, 5) is 4.39. The SMILES string of the molecule is COc1cccc(Cc2noc(-c3ccoc3C)n2)c1. The van der Waals surface area contributed by atoms with Crippen molar-refractivity contribution in [1.82, 2.24) is 10.1 Å². The molecule has 0 radical (unpaired) electrons. The average molecular weight is 270 g/mol. The minimum atomic E-state index is 0.481. The number of methoxy groups -OCH3 is 1. The largest absolute Gasteiger partial charge is 0.497 e. The maximum atomic E-state index is 5.27. The summed E-state index contributed by atoms with van der Waals surface area (Å²) >= 11 is 0. The number of aromatic nitrogens is 2. The van der Waals surface area contributed by atoms with Gasteiger partial charge in [0.05, 0.1) is 18.9 Å². The topological polar surface area (TPSA) is 61.3 Å². The zero-order valence-electron chi connectivity index (χ0n) is 11.3. The van der Waals surface area contributed by atoms with E-state index in [2.05, 4.69) is 10.1 Å². The monoisotopic (exact) mass is 270 g/mol. The van der Waals surface area contributed by atoms with Gasteiger partial charge < -0.3 is 13.7 Å². The molecule has 0 spiro atoms. The molecule has 3 aromatic rings. The smallest absolute Gasteiger partial charge is 0.261 e. The third-order valence-electron chi connectivity index (χ3n) is 3.05. The molecule has 0 saturated heterocycles. The first kappa shape index (κ1) is 12.5. The molecule has 2 aromatic heterocycles. The minimum absolute atomic E-state index is 0.481. The quantitative estimate of drug-likeness (QED) is 0.728. The van der Waals surface area contributed by atoms with Crippen LogP contribution in [0.1, 0.15) is 17.1 Å². The summed E-state index contributed by atoms with van der Waals surface area (Å²) in [6.45, 7) is 1.86. The van der Waals surface area contributed by atoms with Gasteiger partial charge >= 0.3 is 0 Å². The van der Waals surface area contributed by atoms with Crippen LogP contribution in [0.5, 0.6) is 5.75 Å². The molecule has 5 nitrogen and oxygen atoms in total. The maximum absolute atomic E-state index is 5.27. The van der Waals surface area contributed by atoms with E-state index >= 15 is 0 Å². The van der Waals surface area contributed by atoms with Gasteiger partial charge in [-0.2, -0.15) is 4.98 Å². The summed E-state index contributed by atoms with van der Waals surface area (Å²) in [6, 6.07) is 9.62. The average Bonchev–Trinajstić information content (AvgIpc) is 3.08. The Balaban J connectivity index is 1.82. The van der Waals surface area contributed by atoms with Crippen LogP contribution in [-0.4, -0.2) is 17.3 Å². The van der Waals surface area contributed by atoms with Crippen molar-refractivity contribution in [3.63, 3.8) is 0 Å². The Morgan fingerprint density at radius 3 is 2.90 bits per heavy atom. The summed E-state index contributed by atoms with van der Waals surface area (Å²) in [5, 5.41) is 4.00. The molecule has 0 aliphatic rings. The highest BCUT2D eigenvalue weighted by Gasteiger charge is 2.13. The molecule has 1 aromatic carbocycles. The van der Waals surface area contributed by atoms with Crippen LogP contribution < -0.4 is 4.74 Å². The zero-order chi connectivity index (χ0) is 13.9. The molecular formula is C15H14N2O3. The lowest BCUT2D eigenvalue weighted by Gasteiger charge is -2.01. The summed E-state index contributed by atoms with van der Waals surface area (Å²) in [5.74, 6) is 2.70. The number of hydrogen-bond donors (Lipinski definition) is 0. The highest BCUT2D eigenvalue weighted by molar-refractivity contribution is 5.54. The number of furan rings is 1. The molecule has 0 fully saturated rings. The van der Waals surface area contributed by atoms with Crippen molar-refractivity contribution in [3.05, 3.63) is 53.7 Å². The Morgan fingerprint density at radius 1 is 1.25 bits per heavy atom. The molecule has 2 heterocycles. The van der Waals surface area contributed by atoms with Crippen molar-refractivity contribution in [2.24, 2.45) is 0 Å². The van der Waals surface area contributed by atoms with Gasteiger partial charge in [0.1, 0.15) is 11.5 Å². The van der Waals surface area contributed by atoms with E-state index in [0.29, 0.717) is 18.1 Å². The number of hydrogen-bond acceptors (Lipinski definition) is 5. The number of rotatable bonds is 4. The van der Waals surface area contributed by atoms with E-state index in [9.17, 15) is 0 Å². The molecule has 0 amide bonds. The first-order chi connectivity index (χ1) is 9.76. The second-order valence-electron chi connectivity index (χ2n) is 4.43. The predicted molar refractivity (Wildman–Crippen MR) is 72.5 cm³/mol. The molecule has 0 unspecified atom stereocenters. The van der Waals surface area contributed by atoms with Crippen LogP contribution in [-0.2, 0) is 6.42 Å². The van der Waals surface area contributed by atoms with Crippen LogP contribution in [0.3, 0.4) is 0 Å². The highest BCUT2D eigenvalue weighted by atomic mass is 16.5. The van der Waals surface area contributed by atoms with Crippen LogP contribution in [0.4, 0.5) is 0 Å². The van der Waals surface area contributed by atoms with Crippen LogP contribution in [0.25, 0.3) is 11.5 Å². The van der Waals surface area contributed by atoms with Gasteiger partial charge in [-0.1, -0.05) is 17.3 Å². The molecule has 0 aliphatic carbocycles. The summed E-state index contributed by atoms with van der Waals surface area (Å²) < 4.78 is 15.7. The fourth-order valence-corrected chi connectivity index (χ4v) is 2.01. The lowest BCUT2D eigenvalue weighted by atomic mass is 10.1. The number of ether oxygens (including phenoxy) is 1. The predicted octanol–water partition coefficient (Wildman–Crippen LogP) is 3.24. The van der Waals surface area contributed by atoms with Crippen molar-refractivity contribution in [2.45, 2.75) is 13.3 Å². The second kappa shape index (κ2) is 5.21. The van der Waals surface area contributed by atoms with Gasteiger partial charge in [0.15, 0.2) is 5.82 Å². The van der Waals surface area contributed by atoms with Gasteiger partial charge in [0.25, 0.3) is 5.89 Å². The van der Waals surface area contributed by atoms with Gasteiger partial charge in [-0.15, -0.1) is 0 Å². The Bertz CT molecular complexity index is 715. The first-order valence-corrected chi connectivity index (χ1v) is 6.26. The molecular weight excluding hydrogens is 256 g/mol. The Labute approximate surface area is 116 Å². The van der Waals surface area contributed by atoms with E-state index < -0.39 is 0 Å². The van der Waals surface area contributed by atoms with Crippen molar-refractivity contribution < 1.29 is 13.7 Å². The van der Waals surface area contributed by atoms with Crippen molar-refractivity contribution >= 4 is 0 Å². The maximum Gasteiger partial charge on any atom is 0.261 e. The third kappa shape index (κ3) is 2.42. The van der Waals surface area contributed by atoms with Crippen LogP contribution in [0.15, 0.2) is 45.5 Å². The van der Waals surface area contributed by atoms with Crippen molar-refractivity contribution in [1.29, 1.82) is 0 Å². The summed E-state index contributed by atoms with van der Waals surface area (Å²) in [7, 11) is 1.65. The highest BCUT2D eigenvalue weighted by Crippen LogP contribution is 2.23. The molecule has 3 rings (SSSR count). The molecule has 0 saturated carbocycles. The lowest BCUT2D eigenvalue weighted by molar-refractivity contribution is 0.414. The minimum Gasteiger partial charge on any atom is -0.497 e. The molecule has 0 atom stereocenters. The fourth-order valence-electron chi connectivity index (χ4n) is 2.01. The Kier molecular flexibility index (Phi) is 3.25. The lowest BCUT2D eigenvalue weighted by Crippen LogP contribution is -1.92. The van der Waals surface area contributed by atoms with Gasteiger partial charge in [-0.3, -0.25) is 0 Å². The van der Waals surface area contributed by atoms with Crippen molar-refractivity contribution in [3.8, 4) is 17.2 Å². The Hall–Kier alpha value is -2.56. The van der Waals surface area contributed by atoms with E-state index in [-0.39, 0.29) is 0 Å². The van der Waals surface area contributed by atoms with Crippen LogP contribution >= 0.6 is 0 Å². The first-order valence-electron chi connectivity index (χ1n) is 6.26. The summed E-state index contributed by atoms with van der Waals surface area (Å²) in [6.07, 6.45) is 2.20. The van der Waals surface area contributed by atoms with E-state index in [4.69, 9.17) is 13.7 Å². The van der Waals surface area contributed by atoms with E-state index in [1.165, 1.54) is 0 Å². The van der Waals surface area contributed by atoms with Crippen molar-refractivity contribution in [2.75, 3.05) is 7.11 Å². The molecule has 0 N–H and O–H groups in total. The van der Waals surface area contributed by atoms with E-state index in [1.807, 2.05) is 37.3 Å². The fraction of sp³-hybridized carbons (Fsp3) is 0.200. The molecule has 0 bridgehead atoms. The molecule has 5 heteroatoms. The van der Waals surface area contributed by atoms with Crippen LogP contribution in [0, 0.1) is 6.92 Å². The second-order valence-corrected chi connectivity index (χ2v) is 4.43. The number of aryl methyl sites for hydroxylation is 1. The molecule has 102 valence electrons. The number of nitrogens with zero attached hydrogens (tertiary/aromatic N) is 2.